The Hall–Kier alpha value is -1.96. The molecule has 0 N–H and O–H groups in total. The van der Waals surface area contributed by atoms with Gasteiger partial charge < -0.3 is 0 Å². The number of rotatable bonds is 9. The summed E-state index contributed by atoms with van der Waals surface area (Å²) in [5, 5.41) is 0. The van der Waals surface area contributed by atoms with E-state index in [1.54, 1.807) is 0 Å². The third-order valence-corrected chi connectivity index (χ3v) is 6.95. The van der Waals surface area contributed by atoms with Crippen LogP contribution in [0.3, 0.4) is 0 Å². The van der Waals surface area contributed by atoms with Crippen LogP contribution in [0.1, 0.15) is 144 Å². The fraction of sp³-hybridized carbons (Fsp3) is 0.647. The van der Waals surface area contributed by atoms with Crippen LogP contribution >= 0.6 is 0 Å². The quantitative estimate of drug-likeness (QED) is 0.255. The molecule has 0 aliphatic carbocycles. The smallest absolute Gasteiger partial charge is 0.185 e. The van der Waals surface area contributed by atoms with Crippen LogP contribution in [-0.4, -0.2) is 0 Å². The Morgan fingerprint density at radius 2 is 0.833 bits per heavy atom. The van der Waals surface area contributed by atoms with Gasteiger partial charge in [0.25, 0.3) is 0 Å². The summed E-state index contributed by atoms with van der Waals surface area (Å²) in [6.07, 6.45) is 2.09. The molecular weight excluding hydrogens is 440 g/mol. The second-order valence-corrected chi connectivity index (χ2v) is 15.2. The number of hydrogen-bond acceptors (Lipinski definition) is 2. The van der Waals surface area contributed by atoms with Crippen molar-refractivity contribution < 1.29 is 9.78 Å². The van der Waals surface area contributed by atoms with Gasteiger partial charge in [0.2, 0.25) is 0 Å². The summed E-state index contributed by atoms with van der Waals surface area (Å²) in [6, 6.07) is 13.1. The second kappa shape index (κ2) is 10.8. The Bertz CT molecular complexity index is 927. The molecule has 202 valence electrons. The Morgan fingerprint density at radius 3 is 1.08 bits per heavy atom. The molecule has 0 saturated heterocycles. The van der Waals surface area contributed by atoms with Crippen LogP contribution in [0, 0.1) is 10.8 Å². The molecule has 2 aromatic carbocycles. The summed E-state index contributed by atoms with van der Waals surface area (Å²) < 4.78 is 0. The van der Waals surface area contributed by atoms with Crippen LogP contribution in [0.5, 0.6) is 11.5 Å². The lowest BCUT2D eigenvalue weighted by molar-refractivity contribution is -0.105. The highest BCUT2D eigenvalue weighted by molar-refractivity contribution is 5.49. The average molecular weight is 495 g/mol. The lowest BCUT2D eigenvalue weighted by atomic mass is 9.71. The molecule has 0 saturated carbocycles. The fourth-order valence-electron chi connectivity index (χ4n) is 6.20. The summed E-state index contributed by atoms with van der Waals surface area (Å²) in [6.45, 7) is 32.0. The van der Waals surface area contributed by atoms with E-state index in [4.69, 9.17) is 9.78 Å². The van der Waals surface area contributed by atoms with Gasteiger partial charge in [-0.2, -0.15) is 0 Å². The van der Waals surface area contributed by atoms with Gasteiger partial charge in [0.1, 0.15) is 0 Å². The van der Waals surface area contributed by atoms with Crippen molar-refractivity contribution in [2.75, 3.05) is 0 Å². The second-order valence-electron chi connectivity index (χ2n) is 15.2. The first-order valence-corrected chi connectivity index (χ1v) is 13.9. The number of hydrogen-bond donors (Lipinski definition) is 0. The Morgan fingerprint density at radius 1 is 0.528 bits per heavy atom. The minimum absolute atomic E-state index is 0.0618. The molecule has 2 nitrogen and oxygen atoms in total. The van der Waals surface area contributed by atoms with Crippen molar-refractivity contribution in [3.63, 3.8) is 0 Å². The van der Waals surface area contributed by atoms with Gasteiger partial charge in [0, 0.05) is 22.3 Å². The van der Waals surface area contributed by atoms with Crippen molar-refractivity contribution >= 4 is 0 Å². The predicted octanol–water partition coefficient (Wildman–Crippen LogP) is 10.7. The van der Waals surface area contributed by atoms with E-state index >= 15 is 0 Å². The van der Waals surface area contributed by atoms with E-state index in [-0.39, 0.29) is 21.7 Å². The molecule has 0 radical (unpaired) electrons. The average Bonchev–Trinajstić information content (AvgIpc) is 2.67. The third kappa shape index (κ3) is 7.77. The van der Waals surface area contributed by atoms with Crippen molar-refractivity contribution in [1.29, 1.82) is 0 Å². The molecule has 0 aliphatic heterocycles. The first-order valence-electron chi connectivity index (χ1n) is 13.9. The van der Waals surface area contributed by atoms with Crippen molar-refractivity contribution in [1.82, 2.24) is 0 Å². The maximum Gasteiger partial charge on any atom is 0.185 e. The lowest BCUT2D eigenvalue weighted by Crippen LogP contribution is -2.27. The van der Waals surface area contributed by atoms with Crippen molar-refractivity contribution in [3.05, 3.63) is 58.7 Å². The van der Waals surface area contributed by atoms with Gasteiger partial charge in [-0.1, -0.05) is 133 Å². The molecule has 0 aliphatic rings. The summed E-state index contributed by atoms with van der Waals surface area (Å²) >= 11 is 0. The molecule has 0 spiro atoms. The Balaban J connectivity index is 2.64. The van der Waals surface area contributed by atoms with Crippen LogP contribution in [0.25, 0.3) is 0 Å². The van der Waals surface area contributed by atoms with E-state index < -0.39 is 0 Å². The number of para-hydroxylation sites is 2. The molecule has 2 heteroatoms. The zero-order valence-electron chi connectivity index (χ0n) is 25.8. The standard InChI is InChI=1S/C34H54O2/c1-23(2)25-17-15-19-27(33(11,12)21-31(5,6)7)29(25)35-36-30-26(24(3)4)18-16-20-28(30)34(13,14)22-32(8,9)10/h15-20,23-24H,21-22H2,1-14H3. The van der Waals surface area contributed by atoms with Gasteiger partial charge in [0.05, 0.1) is 0 Å². The largest absolute Gasteiger partial charge is 0.289 e. The summed E-state index contributed by atoms with van der Waals surface area (Å²) in [5.74, 6) is 2.40. The van der Waals surface area contributed by atoms with Gasteiger partial charge in [-0.25, -0.2) is 0 Å². The van der Waals surface area contributed by atoms with Crippen molar-refractivity contribution in [2.45, 2.75) is 132 Å². The maximum atomic E-state index is 6.47. The molecule has 36 heavy (non-hydrogen) atoms. The van der Waals surface area contributed by atoms with Crippen LogP contribution in [0.15, 0.2) is 36.4 Å². The summed E-state index contributed by atoms with van der Waals surface area (Å²) in [5.41, 5.74) is 5.07. The van der Waals surface area contributed by atoms with E-state index in [1.807, 2.05) is 0 Å². The first-order chi connectivity index (χ1) is 16.3. The van der Waals surface area contributed by atoms with Crippen LogP contribution in [-0.2, 0) is 10.8 Å². The molecule has 0 atom stereocenters. The molecule has 2 rings (SSSR count). The van der Waals surface area contributed by atoms with E-state index in [0.717, 1.165) is 24.3 Å². The normalized spacial score (nSPS) is 13.4. The Labute approximate surface area is 223 Å². The molecule has 0 aromatic heterocycles. The zero-order valence-corrected chi connectivity index (χ0v) is 25.8. The van der Waals surface area contributed by atoms with Gasteiger partial charge in [0.15, 0.2) is 11.5 Å². The highest BCUT2D eigenvalue weighted by Crippen LogP contribution is 2.46. The minimum atomic E-state index is -0.0618. The van der Waals surface area contributed by atoms with Crippen LogP contribution < -0.4 is 9.78 Å². The molecule has 0 amide bonds. The van der Waals surface area contributed by atoms with Crippen molar-refractivity contribution in [3.8, 4) is 11.5 Å². The number of benzene rings is 2. The summed E-state index contributed by atoms with van der Waals surface area (Å²) in [4.78, 5) is 12.9. The highest BCUT2D eigenvalue weighted by Gasteiger charge is 2.34. The Kier molecular flexibility index (Phi) is 9.08. The topological polar surface area (TPSA) is 18.5 Å². The highest BCUT2D eigenvalue weighted by atomic mass is 17.2. The molecule has 0 heterocycles. The van der Waals surface area contributed by atoms with E-state index in [9.17, 15) is 0 Å². The van der Waals surface area contributed by atoms with Crippen LogP contribution in [0.4, 0.5) is 0 Å². The molecular formula is C34H54O2. The fourth-order valence-corrected chi connectivity index (χ4v) is 6.20. The van der Waals surface area contributed by atoms with Gasteiger partial charge in [-0.3, -0.25) is 9.78 Å². The van der Waals surface area contributed by atoms with E-state index in [1.165, 1.54) is 22.3 Å². The molecule has 2 aromatic rings. The van der Waals surface area contributed by atoms with E-state index in [2.05, 4.69) is 133 Å². The molecule has 0 fully saturated rings. The van der Waals surface area contributed by atoms with Crippen LogP contribution in [0.2, 0.25) is 0 Å². The van der Waals surface area contributed by atoms with Crippen molar-refractivity contribution in [2.24, 2.45) is 10.8 Å². The monoisotopic (exact) mass is 494 g/mol. The lowest BCUT2D eigenvalue weighted by Gasteiger charge is -2.35. The van der Waals surface area contributed by atoms with Gasteiger partial charge >= 0.3 is 0 Å². The first kappa shape index (κ1) is 30.3. The summed E-state index contributed by atoms with van der Waals surface area (Å²) in [7, 11) is 0. The third-order valence-electron chi connectivity index (χ3n) is 6.95. The van der Waals surface area contributed by atoms with Gasteiger partial charge in [-0.05, 0) is 46.3 Å². The van der Waals surface area contributed by atoms with Gasteiger partial charge in [-0.15, -0.1) is 0 Å². The maximum absolute atomic E-state index is 6.47. The molecule has 0 unspecified atom stereocenters. The predicted molar refractivity (Wildman–Crippen MR) is 157 cm³/mol. The zero-order chi connectivity index (χ0) is 27.7. The minimum Gasteiger partial charge on any atom is -0.289 e. The van der Waals surface area contributed by atoms with E-state index in [0.29, 0.717) is 11.8 Å². The molecule has 0 bridgehead atoms. The SMILES string of the molecule is CC(C)c1cccc(C(C)(C)CC(C)(C)C)c1OOc1c(C(C)C)cccc1C(C)(C)CC(C)(C)C.